The molecule has 2 aromatic carbocycles. The highest BCUT2D eigenvalue weighted by Crippen LogP contribution is 2.35. The number of anilines is 3. The van der Waals surface area contributed by atoms with Gasteiger partial charge in [0.1, 0.15) is 5.82 Å². The summed E-state index contributed by atoms with van der Waals surface area (Å²) in [4.78, 5) is 10.6. The first kappa shape index (κ1) is 18.7. The predicted molar refractivity (Wildman–Crippen MR) is 99.9 cm³/mol. The Hall–Kier alpha value is -3.09. The SMILES string of the molecule is CCN(Cc1ccccc1)c1nccc(Nc2ccccc2C(F)(F)F)n1. The minimum Gasteiger partial charge on any atom is -0.340 e. The molecule has 3 rings (SSSR count). The predicted octanol–water partition coefficient (Wildman–Crippen LogP) is 5.27. The molecule has 140 valence electrons. The van der Waals surface area contributed by atoms with Crippen molar-refractivity contribution in [1.29, 1.82) is 0 Å². The van der Waals surface area contributed by atoms with E-state index >= 15 is 0 Å². The van der Waals surface area contributed by atoms with E-state index in [1.54, 1.807) is 12.1 Å². The molecular formula is C20H19F3N4. The third-order valence-electron chi connectivity index (χ3n) is 4.02. The molecule has 0 bridgehead atoms. The fraction of sp³-hybridized carbons (Fsp3) is 0.200. The van der Waals surface area contributed by atoms with Gasteiger partial charge in [-0.1, -0.05) is 42.5 Å². The molecule has 1 N–H and O–H groups in total. The Morgan fingerprint density at radius 3 is 2.37 bits per heavy atom. The highest BCUT2D eigenvalue weighted by molar-refractivity contribution is 5.62. The van der Waals surface area contributed by atoms with Crippen LogP contribution in [0.2, 0.25) is 0 Å². The monoisotopic (exact) mass is 372 g/mol. The molecule has 0 aliphatic rings. The van der Waals surface area contributed by atoms with Gasteiger partial charge in [0.2, 0.25) is 5.95 Å². The third-order valence-corrected chi connectivity index (χ3v) is 4.02. The number of aromatic nitrogens is 2. The van der Waals surface area contributed by atoms with E-state index in [4.69, 9.17) is 0 Å². The minimum atomic E-state index is -4.44. The Kier molecular flexibility index (Phi) is 5.59. The molecule has 0 saturated heterocycles. The zero-order valence-corrected chi connectivity index (χ0v) is 14.7. The van der Waals surface area contributed by atoms with Gasteiger partial charge in [-0.3, -0.25) is 0 Å². The van der Waals surface area contributed by atoms with Crippen LogP contribution in [0.1, 0.15) is 18.1 Å². The molecule has 1 aromatic heterocycles. The van der Waals surface area contributed by atoms with Gasteiger partial charge in [-0.15, -0.1) is 0 Å². The molecule has 0 atom stereocenters. The molecule has 27 heavy (non-hydrogen) atoms. The second-order valence-corrected chi connectivity index (χ2v) is 5.91. The first-order valence-corrected chi connectivity index (χ1v) is 8.52. The first-order chi connectivity index (χ1) is 13.0. The van der Waals surface area contributed by atoms with Gasteiger partial charge < -0.3 is 10.2 Å². The molecule has 0 spiro atoms. The number of nitrogens with one attached hydrogen (secondary N) is 1. The van der Waals surface area contributed by atoms with Gasteiger partial charge in [0.15, 0.2) is 0 Å². The van der Waals surface area contributed by atoms with E-state index < -0.39 is 11.7 Å². The average molecular weight is 372 g/mol. The third kappa shape index (κ3) is 4.75. The molecule has 7 heteroatoms. The summed E-state index contributed by atoms with van der Waals surface area (Å²) in [7, 11) is 0. The summed E-state index contributed by atoms with van der Waals surface area (Å²) in [6, 6.07) is 16.7. The van der Waals surface area contributed by atoms with Crippen molar-refractivity contribution in [3.05, 3.63) is 78.0 Å². The van der Waals surface area contributed by atoms with Crippen LogP contribution in [0.5, 0.6) is 0 Å². The Balaban J connectivity index is 1.84. The molecule has 1 heterocycles. The van der Waals surface area contributed by atoms with E-state index in [0.29, 0.717) is 24.9 Å². The van der Waals surface area contributed by atoms with Crippen LogP contribution < -0.4 is 10.2 Å². The lowest BCUT2D eigenvalue weighted by Gasteiger charge is -2.21. The Labute approximate surface area is 155 Å². The van der Waals surface area contributed by atoms with Gasteiger partial charge in [0.25, 0.3) is 0 Å². The quantitative estimate of drug-likeness (QED) is 0.640. The van der Waals surface area contributed by atoms with Gasteiger partial charge in [-0.25, -0.2) is 4.98 Å². The average Bonchev–Trinajstić information content (AvgIpc) is 2.67. The van der Waals surface area contributed by atoms with E-state index in [-0.39, 0.29) is 5.69 Å². The fourth-order valence-electron chi connectivity index (χ4n) is 2.68. The zero-order chi connectivity index (χ0) is 19.3. The van der Waals surface area contributed by atoms with Crippen LogP contribution in [0.4, 0.5) is 30.6 Å². The number of alkyl halides is 3. The van der Waals surface area contributed by atoms with Crippen molar-refractivity contribution in [2.24, 2.45) is 0 Å². The van der Waals surface area contributed by atoms with Gasteiger partial charge >= 0.3 is 6.18 Å². The maximum atomic E-state index is 13.2. The number of rotatable bonds is 6. The Morgan fingerprint density at radius 1 is 0.963 bits per heavy atom. The lowest BCUT2D eigenvalue weighted by Crippen LogP contribution is -2.24. The molecule has 0 saturated carbocycles. The summed E-state index contributed by atoms with van der Waals surface area (Å²) in [6.07, 6.45) is -2.91. The van der Waals surface area contributed by atoms with Gasteiger partial charge in [-0.2, -0.15) is 18.2 Å². The fourth-order valence-corrected chi connectivity index (χ4v) is 2.68. The summed E-state index contributed by atoms with van der Waals surface area (Å²) in [5.74, 6) is 0.763. The van der Waals surface area contributed by atoms with Crippen LogP contribution in [0.15, 0.2) is 66.9 Å². The summed E-state index contributed by atoms with van der Waals surface area (Å²) >= 11 is 0. The second kappa shape index (κ2) is 8.07. The number of hydrogen-bond donors (Lipinski definition) is 1. The van der Waals surface area contributed by atoms with Crippen molar-refractivity contribution in [3.63, 3.8) is 0 Å². The van der Waals surface area contributed by atoms with Crippen molar-refractivity contribution in [2.75, 3.05) is 16.8 Å². The Morgan fingerprint density at radius 2 is 1.67 bits per heavy atom. The van der Waals surface area contributed by atoms with Crippen molar-refractivity contribution in [3.8, 4) is 0 Å². The van der Waals surface area contributed by atoms with Crippen LogP contribution in [-0.4, -0.2) is 16.5 Å². The molecule has 3 aromatic rings. The number of halogens is 3. The van der Waals surface area contributed by atoms with E-state index in [2.05, 4.69) is 15.3 Å². The summed E-state index contributed by atoms with van der Waals surface area (Å²) < 4.78 is 39.5. The number of hydrogen-bond acceptors (Lipinski definition) is 4. The number of benzene rings is 2. The van der Waals surface area contributed by atoms with Crippen LogP contribution in [0, 0.1) is 0 Å². The second-order valence-electron chi connectivity index (χ2n) is 5.91. The van der Waals surface area contributed by atoms with Crippen LogP contribution in [-0.2, 0) is 12.7 Å². The largest absolute Gasteiger partial charge is 0.418 e. The van der Waals surface area contributed by atoms with Crippen LogP contribution in [0.25, 0.3) is 0 Å². The molecular weight excluding hydrogens is 353 g/mol. The molecule has 0 radical (unpaired) electrons. The molecule has 4 nitrogen and oxygen atoms in total. The molecule has 0 unspecified atom stereocenters. The zero-order valence-electron chi connectivity index (χ0n) is 14.7. The first-order valence-electron chi connectivity index (χ1n) is 8.52. The summed E-state index contributed by atoms with van der Waals surface area (Å²) in [5, 5.41) is 2.76. The minimum absolute atomic E-state index is 0.0410. The lowest BCUT2D eigenvalue weighted by atomic mass is 10.1. The summed E-state index contributed by atoms with van der Waals surface area (Å²) in [5.41, 5.74) is 0.325. The highest BCUT2D eigenvalue weighted by Gasteiger charge is 2.33. The standard InChI is InChI=1S/C20H19F3N4/c1-2-27(14-15-8-4-3-5-9-15)19-24-13-12-18(26-19)25-17-11-7-6-10-16(17)20(21,22)23/h3-13H,2,14H2,1H3,(H,24,25,26). The van der Waals surface area contributed by atoms with Gasteiger partial charge in [-0.05, 0) is 30.7 Å². The molecule has 0 aliphatic carbocycles. The number of nitrogens with zero attached hydrogens (tertiary/aromatic N) is 3. The summed E-state index contributed by atoms with van der Waals surface area (Å²) in [6.45, 7) is 3.25. The maximum absolute atomic E-state index is 13.2. The molecule has 0 fully saturated rings. The maximum Gasteiger partial charge on any atom is 0.418 e. The van der Waals surface area contributed by atoms with Crippen LogP contribution >= 0.6 is 0 Å². The number of para-hydroxylation sites is 1. The molecule has 0 amide bonds. The van der Waals surface area contributed by atoms with Crippen LogP contribution in [0.3, 0.4) is 0 Å². The van der Waals surface area contributed by atoms with E-state index in [1.165, 1.54) is 18.3 Å². The molecule has 0 aliphatic heterocycles. The Bertz CT molecular complexity index is 882. The van der Waals surface area contributed by atoms with E-state index in [1.807, 2.05) is 42.2 Å². The highest BCUT2D eigenvalue weighted by atomic mass is 19.4. The lowest BCUT2D eigenvalue weighted by molar-refractivity contribution is -0.136. The topological polar surface area (TPSA) is 41.1 Å². The van der Waals surface area contributed by atoms with Crippen molar-refractivity contribution in [2.45, 2.75) is 19.6 Å². The van der Waals surface area contributed by atoms with E-state index in [9.17, 15) is 13.2 Å². The van der Waals surface area contributed by atoms with Crippen molar-refractivity contribution < 1.29 is 13.2 Å². The van der Waals surface area contributed by atoms with E-state index in [0.717, 1.165) is 11.6 Å². The van der Waals surface area contributed by atoms with Crippen molar-refractivity contribution in [1.82, 2.24) is 9.97 Å². The van der Waals surface area contributed by atoms with Gasteiger partial charge in [0.05, 0.1) is 11.3 Å². The van der Waals surface area contributed by atoms with Gasteiger partial charge in [0, 0.05) is 19.3 Å². The smallest absolute Gasteiger partial charge is 0.340 e. The normalized spacial score (nSPS) is 11.3. The van der Waals surface area contributed by atoms with Crippen molar-refractivity contribution >= 4 is 17.5 Å².